The molecule has 90 valence electrons. The molecule has 0 amide bonds. The predicted octanol–water partition coefficient (Wildman–Crippen LogP) is 2.73. The van der Waals surface area contributed by atoms with E-state index in [-0.39, 0.29) is 0 Å². The molecule has 1 aromatic rings. The summed E-state index contributed by atoms with van der Waals surface area (Å²) in [4.78, 5) is 8.11. The van der Waals surface area contributed by atoms with Gasteiger partial charge in [0.15, 0.2) is 11.5 Å². The highest BCUT2D eigenvalue weighted by atomic mass is 15.0. The Morgan fingerprint density at radius 3 is 2.76 bits per heavy atom. The van der Waals surface area contributed by atoms with Gasteiger partial charge < -0.3 is 5.32 Å². The van der Waals surface area contributed by atoms with Gasteiger partial charge in [0.05, 0.1) is 0 Å². The first-order valence-corrected chi connectivity index (χ1v) is 6.35. The zero-order valence-corrected chi connectivity index (χ0v) is 10.0. The molecule has 1 N–H and O–H groups in total. The Bertz CT molecular complexity index is 391. The summed E-state index contributed by atoms with van der Waals surface area (Å²) >= 11 is 0. The SMILES string of the molecule is N#Cc1nccnc1NCCC1CCCCC1. The third-order valence-electron chi connectivity index (χ3n) is 3.37. The van der Waals surface area contributed by atoms with E-state index in [0.717, 1.165) is 12.5 Å². The quantitative estimate of drug-likeness (QED) is 0.863. The van der Waals surface area contributed by atoms with Crippen molar-refractivity contribution >= 4 is 5.82 Å². The van der Waals surface area contributed by atoms with Gasteiger partial charge in [-0.05, 0) is 12.3 Å². The van der Waals surface area contributed by atoms with Gasteiger partial charge in [0.1, 0.15) is 6.07 Å². The van der Waals surface area contributed by atoms with Crippen LogP contribution >= 0.6 is 0 Å². The normalized spacial score (nSPS) is 16.4. The fourth-order valence-electron chi connectivity index (χ4n) is 2.42. The van der Waals surface area contributed by atoms with Crippen LogP contribution in [0.15, 0.2) is 12.4 Å². The van der Waals surface area contributed by atoms with Gasteiger partial charge in [0.2, 0.25) is 0 Å². The molecule has 0 aliphatic heterocycles. The molecule has 0 bridgehead atoms. The summed E-state index contributed by atoms with van der Waals surface area (Å²) in [5.41, 5.74) is 0.385. The largest absolute Gasteiger partial charge is 0.368 e. The van der Waals surface area contributed by atoms with Gasteiger partial charge in [0.25, 0.3) is 0 Å². The van der Waals surface area contributed by atoms with E-state index in [0.29, 0.717) is 11.5 Å². The molecule has 0 spiro atoms. The number of nitrogens with zero attached hydrogens (tertiary/aromatic N) is 3. The van der Waals surface area contributed by atoms with E-state index in [1.807, 2.05) is 6.07 Å². The fourth-order valence-corrected chi connectivity index (χ4v) is 2.42. The minimum absolute atomic E-state index is 0.385. The number of anilines is 1. The van der Waals surface area contributed by atoms with Crippen molar-refractivity contribution < 1.29 is 0 Å². The van der Waals surface area contributed by atoms with Gasteiger partial charge in [-0.2, -0.15) is 5.26 Å². The maximum atomic E-state index is 8.87. The second-order valence-electron chi connectivity index (χ2n) is 4.58. The lowest BCUT2D eigenvalue weighted by atomic mass is 9.87. The molecular formula is C13H18N4. The molecule has 17 heavy (non-hydrogen) atoms. The third kappa shape index (κ3) is 3.42. The van der Waals surface area contributed by atoms with Crippen LogP contribution in [0, 0.1) is 17.2 Å². The number of nitrogens with one attached hydrogen (secondary N) is 1. The standard InChI is InChI=1S/C13H18N4/c14-10-12-13(17-9-8-15-12)16-7-6-11-4-2-1-3-5-11/h8-9,11H,1-7H2,(H,16,17). The highest BCUT2D eigenvalue weighted by Crippen LogP contribution is 2.26. The summed E-state index contributed by atoms with van der Waals surface area (Å²) in [6.07, 6.45) is 11.2. The topological polar surface area (TPSA) is 61.6 Å². The second-order valence-corrected chi connectivity index (χ2v) is 4.58. The predicted molar refractivity (Wildman–Crippen MR) is 66.4 cm³/mol. The van der Waals surface area contributed by atoms with Crippen molar-refractivity contribution in [1.82, 2.24) is 9.97 Å². The number of hydrogen-bond acceptors (Lipinski definition) is 4. The summed E-state index contributed by atoms with van der Waals surface area (Å²) in [5, 5.41) is 12.1. The molecule has 0 saturated heterocycles. The lowest BCUT2D eigenvalue weighted by Gasteiger charge is -2.21. The average Bonchev–Trinajstić information content (AvgIpc) is 2.40. The van der Waals surface area contributed by atoms with Crippen molar-refractivity contribution in [1.29, 1.82) is 5.26 Å². The smallest absolute Gasteiger partial charge is 0.182 e. The molecule has 1 fully saturated rings. The van der Waals surface area contributed by atoms with Gasteiger partial charge in [0, 0.05) is 18.9 Å². The molecular weight excluding hydrogens is 212 g/mol. The first kappa shape index (κ1) is 11.8. The Hall–Kier alpha value is -1.63. The maximum Gasteiger partial charge on any atom is 0.182 e. The molecule has 0 radical (unpaired) electrons. The van der Waals surface area contributed by atoms with Crippen LogP contribution in [-0.4, -0.2) is 16.5 Å². The molecule has 2 rings (SSSR count). The van der Waals surface area contributed by atoms with Crippen LogP contribution in [0.2, 0.25) is 0 Å². The summed E-state index contributed by atoms with van der Waals surface area (Å²) in [6, 6.07) is 2.05. The van der Waals surface area contributed by atoms with E-state index in [1.165, 1.54) is 38.5 Å². The van der Waals surface area contributed by atoms with Crippen molar-refractivity contribution in [2.45, 2.75) is 38.5 Å². The van der Waals surface area contributed by atoms with Gasteiger partial charge in [-0.3, -0.25) is 0 Å². The van der Waals surface area contributed by atoms with E-state index in [9.17, 15) is 0 Å². The molecule has 4 heteroatoms. The summed E-state index contributed by atoms with van der Waals surface area (Å²) in [6.45, 7) is 0.887. The van der Waals surface area contributed by atoms with Crippen molar-refractivity contribution in [3.05, 3.63) is 18.1 Å². The summed E-state index contributed by atoms with van der Waals surface area (Å²) in [7, 11) is 0. The van der Waals surface area contributed by atoms with Crippen molar-refractivity contribution in [3.8, 4) is 6.07 Å². The van der Waals surface area contributed by atoms with Gasteiger partial charge in [-0.25, -0.2) is 9.97 Å². The molecule has 1 heterocycles. The number of aromatic nitrogens is 2. The van der Waals surface area contributed by atoms with E-state index < -0.39 is 0 Å². The van der Waals surface area contributed by atoms with Gasteiger partial charge >= 0.3 is 0 Å². The van der Waals surface area contributed by atoms with E-state index in [2.05, 4.69) is 15.3 Å². The molecule has 4 nitrogen and oxygen atoms in total. The molecule has 0 atom stereocenters. The van der Waals surface area contributed by atoms with E-state index in [4.69, 9.17) is 5.26 Å². The van der Waals surface area contributed by atoms with Crippen LogP contribution in [0.3, 0.4) is 0 Å². The number of nitriles is 1. The van der Waals surface area contributed by atoms with E-state index >= 15 is 0 Å². The zero-order chi connectivity index (χ0) is 11.9. The molecule has 0 aromatic carbocycles. The molecule has 1 aliphatic carbocycles. The van der Waals surface area contributed by atoms with E-state index in [1.54, 1.807) is 12.4 Å². The second kappa shape index (κ2) is 6.19. The van der Waals surface area contributed by atoms with Crippen LogP contribution in [0.5, 0.6) is 0 Å². The Kier molecular flexibility index (Phi) is 4.31. The molecule has 0 unspecified atom stereocenters. The Labute approximate surface area is 102 Å². The Morgan fingerprint density at radius 1 is 1.24 bits per heavy atom. The van der Waals surface area contributed by atoms with Crippen LogP contribution < -0.4 is 5.32 Å². The lowest BCUT2D eigenvalue weighted by Crippen LogP contribution is -2.13. The number of hydrogen-bond donors (Lipinski definition) is 1. The summed E-state index contributed by atoms with van der Waals surface area (Å²) in [5.74, 6) is 1.46. The minimum Gasteiger partial charge on any atom is -0.368 e. The number of rotatable bonds is 4. The lowest BCUT2D eigenvalue weighted by molar-refractivity contribution is 0.345. The van der Waals surface area contributed by atoms with Gasteiger partial charge in [-0.1, -0.05) is 32.1 Å². The average molecular weight is 230 g/mol. The minimum atomic E-state index is 0.385. The van der Waals surface area contributed by atoms with Crippen molar-refractivity contribution in [2.75, 3.05) is 11.9 Å². The van der Waals surface area contributed by atoms with Gasteiger partial charge in [-0.15, -0.1) is 0 Å². The molecule has 1 aromatic heterocycles. The van der Waals surface area contributed by atoms with Crippen LogP contribution in [0.25, 0.3) is 0 Å². The molecule has 1 saturated carbocycles. The first-order chi connectivity index (χ1) is 8.40. The maximum absolute atomic E-state index is 8.87. The third-order valence-corrected chi connectivity index (χ3v) is 3.37. The van der Waals surface area contributed by atoms with Crippen LogP contribution in [-0.2, 0) is 0 Å². The van der Waals surface area contributed by atoms with Crippen molar-refractivity contribution in [2.24, 2.45) is 5.92 Å². The highest BCUT2D eigenvalue weighted by Gasteiger charge is 2.13. The van der Waals surface area contributed by atoms with Crippen LogP contribution in [0.4, 0.5) is 5.82 Å². The summed E-state index contributed by atoms with van der Waals surface area (Å²) < 4.78 is 0. The van der Waals surface area contributed by atoms with Crippen molar-refractivity contribution in [3.63, 3.8) is 0 Å². The Balaban J connectivity index is 1.79. The van der Waals surface area contributed by atoms with Crippen LogP contribution in [0.1, 0.15) is 44.2 Å². The zero-order valence-electron chi connectivity index (χ0n) is 10.0. The fraction of sp³-hybridized carbons (Fsp3) is 0.615. The molecule has 1 aliphatic rings. The monoisotopic (exact) mass is 230 g/mol. The first-order valence-electron chi connectivity index (χ1n) is 6.35. The highest BCUT2D eigenvalue weighted by molar-refractivity contribution is 5.46. The Morgan fingerprint density at radius 2 is 2.00 bits per heavy atom.